The van der Waals surface area contributed by atoms with Gasteiger partial charge < -0.3 is 15.2 Å². The van der Waals surface area contributed by atoms with Gasteiger partial charge in [0.25, 0.3) is 0 Å². The second-order valence-corrected chi connectivity index (χ2v) is 7.63. The molecule has 7 nitrogen and oxygen atoms in total. The Hall–Kier alpha value is -3.14. The second-order valence-electron chi connectivity index (χ2n) is 7.63. The number of hydrogen-bond acceptors (Lipinski definition) is 5. The summed E-state index contributed by atoms with van der Waals surface area (Å²) in [7, 11) is 0. The minimum atomic E-state index is -4.63. The normalized spacial score (nSPS) is 12.2. The number of ether oxygens (including phenoxy) is 1. The maximum atomic E-state index is 13.4. The first kappa shape index (κ1) is 21.6. The lowest BCUT2D eigenvalue weighted by Crippen LogP contribution is -2.28. The van der Waals surface area contributed by atoms with E-state index < -0.39 is 23.1 Å². The van der Waals surface area contributed by atoms with Crippen LogP contribution in [-0.2, 0) is 11.0 Å². The third kappa shape index (κ3) is 4.70. The van der Waals surface area contributed by atoms with Crippen molar-refractivity contribution in [3.05, 3.63) is 42.1 Å². The predicted octanol–water partition coefficient (Wildman–Crippen LogP) is 3.77. The van der Waals surface area contributed by atoms with Crippen LogP contribution in [0.3, 0.4) is 0 Å². The molecule has 2 N–H and O–H groups in total. The molecule has 0 atom stereocenters. The smallest absolute Gasteiger partial charge is 0.418 e. The van der Waals surface area contributed by atoms with E-state index in [0.29, 0.717) is 16.9 Å². The van der Waals surface area contributed by atoms with Gasteiger partial charge in [-0.2, -0.15) is 13.2 Å². The van der Waals surface area contributed by atoms with Crippen molar-refractivity contribution in [3.8, 4) is 17.1 Å². The Morgan fingerprint density at radius 2 is 1.93 bits per heavy atom. The number of carbonyl (C=O) groups excluding carboxylic acids is 1. The highest BCUT2D eigenvalue weighted by Gasteiger charge is 2.35. The van der Waals surface area contributed by atoms with Gasteiger partial charge in [-0.3, -0.25) is 4.79 Å². The Kier molecular flexibility index (Phi) is 5.71. The van der Waals surface area contributed by atoms with Crippen LogP contribution in [0, 0.1) is 5.41 Å². The van der Waals surface area contributed by atoms with Crippen molar-refractivity contribution >= 4 is 17.2 Å². The molecule has 0 unspecified atom stereocenters. The molecule has 0 aliphatic rings. The van der Waals surface area contributed by atoms with Gasteiger partial charge in [0.2, 0.25) is 11.8 Å². The standard InChI is InChI=1S/C20H21F3N4O3/c1-19(2,3)18(29)25-14-10-12(4-5-13(14)20(21,22)23)15-11-27-16(24-15)6-7-17(26-27)30-9-8-28/h4-7,10-11,28H,8-9H2,1-3H3,(H,25,29). The van der Waals surface area contributed by atoms with Crippen LogP contribution in [0.5, 0.6) is 5.88 Å². The zero-order chi connectivity index (χ0) is 22.1. The number of carbonyl (C=O) groups is 1. The summed E-state index contributed by atoms with van der Waals surface area (Å²) in [4.78, 5) is 16.7. The molecule has 1 amide bonds. The summed E-state index contributed by atoms with van der Waals surface area (Å²) < 4.78 is 47.0. The number of amides is 1. The van der Waals surface area contributed by atoms with E-state index in [1.807, 2.05) is 0 Å². The molecular weight excluding hydrogens is 401 g/mol. The number of nitrogens with zero attached hydrogens (tertiary/aromatic N) is 3. The summed E-state index contributed by atoms with van der Waals surface area (Å²) in [6.45, 7) is 4.76. The lowest BCUT2D eigenvalue weighted by atomic mass is 9.95. The van der Waals surface area contributed by atoms with Crippen LogP contribution in [-0.4, -0.2) is 38.8 Å². The highest BCUT2D eigenvalue weighted by Crippen LogP contribution is 2.37. The van der Waals surface area contributed by atoms with Crippen molar-refractivity contribution in [1.29, 1.82) is 0 Å². The minimum absolute atomic E-state index is 0.0792. The summed E-state index contributed by atoms with van der Waals surface area (Å²) >= 11 is 0. The van der Waals surface area contributed by atoms with Crippen LogP contribution in [0.15, 0.2) is 36.5 Å². The molecule has 1 aromatic carbocycles. The van der Waals surface area contributed by atoms with E-state index in [0.717, 1.165) is 6.07 Å². The first-order valence-corrected chi connectivity index (χ1v) is 9.12. The van der Waals surface area contributed by atoms with Crippen molar-refractivity contribution in [3.63, 3.8) is 0 Å². The molecule has 160 valence electrons. The fraction of sp³-hybridized carbons (Fsp3) is 0.350. The lowest BCUT2D eigenvalue weighted by molar-refractivity contribution is -0.137. The van der Waals surface area contributed by atoms with Crippen molar-refractivity contribution in [1.82, 2.24) is 14.6 Å². The molecule has 2 heterocycles. The SMILES string of the molecule is CC(C)(C)C(=O)Nc1cc(-c2cn3nc(OCCO)ccc3n2)ccc1C(F)(F)F. The predicted molar refractivity (Wildman–Crippen MR) is 104 cm³/mol. The Morgan fingerprint density at radius 3 is 2.57 bits per heavy atom. The van der Waals surface area contributed by atoms with E-state index in [2.05, 4.69) is 15.4 Å². The molecule has 3 rings (SSSR count). The minimum Gasteiger partial charge on any atom is -0.474 e. The Morgan fingerprint density at radius 1 is 1.20 bits per heavy atom. The maximum absolute atomic E-state index is 13.4. The van der Waals surface area contributed by atoms with Gasteiger partial charge >= 0.3 is 6.18 Å². The van der Waals surface area contributed by atoms with Crippen LogP contribution < -0.4 is 10.1 Å². The van der Waals surface area contributed by atoms with Gasteiger partial charge in [-0.1, -0.05) is 26.8 Å². The number of anilines is 1. The first-order chi connectivity index (χ1) is 14.0. The number of aliphatic hydroxyl groups excluding tert-OH is 1. The number of hydrogen-bond donors (Lipinski definition) is 2. The summed E-state index contributed by atoms with van der Waals surface area (Å²) in [5.41, 5.74) is -0.919. The Labute approximate surface area is 170 Å². The van der Waals surface area contributed by atoms with Crippen LogP contribution in [0.1, 0.15) is 26.3 Å². The largest absolute Gasteiger partial charge is 0.474 e. The van der Waals surface area contributed by atoms with Crippen molar-refractivity contribution in [2.24, 2.45) is 5.41 Å². The molecule has 2 aromatic heterocycles. The van der Waals surface area contributed by atoms with Gasteiger partial charge in [0.1, 0.15) is 6.61 Å². The third-order valence-corrected chi connectivity index (χ3v) is 4.19. The van der Waals surface area contributed by atoms with Crippen LogP contribution in [0.4, 0.5) is 18.9 Å². The molecule has 0 fully saturated rings. The van der Waals surface area contributed by atoms with Crippen LogP contribution in [0.25, 0.3) is 16.9 Å². The number of nitrogens with one attached hydrogen (secondary N) is 1. The second kappa shape index (κ2) is 7.94. The number of halogens is 3. The van der Waals surface area contributed by atoms with E-state index in [1.165, 1.54) is 16.6 Å². The fourth-order valence-corrected chi connectivity index (χ4v) is 2.59. The summed E-state index contributed by atoms with van der Waals surface area (Å²) in [5.74, 6) is -0.265. The van der Waals surface area contributed by atoms with Crippen LogP contribution >= 0.6 is 0 Å². The number of aliphatic hydroxyl groups is 1. The first-order valence-electron chi connectivity index (χ1n) is 9.12. The molecule has 0 aliphatic heterocycles. The highest BCUT2D eigenvalue weighted by molar-refractivity contribution is 5.96. The molecular formula is C20H21F3N4O3. The van der Waals surface area contributed by atoms with E-state index in [4.69, 9.17) is 9.84 Å². The van der Waals surface area contributed by atoms with Crippen molar-refractivity contribution in [2.75, 3.05) is 18.5 Å². The Balaban J connectivity index is 2.01. The van der Waals surface area contributed by atoms with E-state index in [-0.39, 0.29) is 24.8 Å². The summed E-state index contributed by atoms with van der Waals surface area (Å²) in [6.07, 6.45) is -3.09. The highest BCUT2D eigenvalue weighted by atomic mass is 19.4. The number of alkyl halides is 3. The zero-order valence-corrected chi connectivity index (χ0v) is 16.6. The van der Waals surface area contributed by atoms with Crippen molar-refractivity contribution < 1.29 is 27.8 Å². The number of rotatable bonds is 5. The van der Waals surface area contributed by atoms with Gasteiger partial charge in [0, 0.05) is 17.0 Å². The monoisotopic (exact) mass is 422 g/mol. The molecule has 0 saturated carbocycles. The van der Waals surface area contributed by atoms with Crippen LogP contribution in [0.2, 0.25) is 0 Å². The molecule has 0 spiro atoms. The lowest BCUT2D eigenvalue weighted by Gasteiger charge is -2.20. The number of benzene rings is 1. The fourth-order valence-electron chi connectivity index (χ4n) is 2.59. The molecule has 0 saturated heterocycles. The average molecular weight is 422 g/mol. The quantitative estimate of drug-likeness (QED) is 0.654. The van der Waals surface area contributed by atoms with E-state index in [1.54, 1.807) is 39.1 Å². The number of fused-ring (bicyclic) bond motifs is 1. The topological polar surface area (TPSA) is 88.8 Å². The van der Waals surface area contributed by atoms with E-state index >= 15 is 0 Å². The molecule has 0 radical (unpaired) electrons. The zero-order valence-electron chi connectivity index (χ0n) is 16.6. The molecule has 30 heavy (non-hydrogen) atoms. The van der Waals surface area contributed by atoms with Gasteiger partial charge in [-0.15, -0.1) is 5.10 Å². The molecule has 0 bridgehead atoms. The maximum Gasteiger partial charge on any atom is 0.418 e. The molecule has 0 aliphatic carbocycles. The molecule has 10 heteroatoms. The summed E-state index contributed by atoms with van der Waals surface area (Å²) in [6, 6.07) is 6.66. The summed E-state index contributed by atoms with van der Waals surface area (Å²) in [5, 5.41) is 15.4. The van der Waals surface area contributed by atoms with Gasteiger partial charge in [0.15, 0.2) is 5.65 Å². The number of aromatic nitrogens is 3. The number of imidazole rings is 1. The molecule has 3 aromatic rings. The van der Waals surface area contributed by atoms with Gasteiger partial charge in [0.05, 0.1) is 29.7 Å². The average Bonchev–Trinajstić information content (AvgIpc) is 3.08. The van der Waals surface area contributed by atoms with Gasteiger partial charge in [-0.05, 0) is 18.2 Å². The van der Waals surface area contributed by atoms with E-state index in [9.17, 15) is 18.0 Å². The Bertz CT molecular complexity index is 1070. The third-order valence-electron chi connectivity index (χ3n) is 4.19. The van der Waals surface area contributed by atoms with Gasteiger partial charge in [-0.25, -0.2) is 9.50 Å². The van der Waals surface area contributed by atoms with Crippen molar-refractivity contribution in [2.45, 2.75) is 26.9 Å².